The van der Waals surface area contributed by atoms with Crippen molar-refractivity contribution >= 4 is 50.7 Å². The van der Waals surface area contributed by atoms with Crippen LogP contribution >= 0.6 is 11.6 Å². The van der Waals surface area contributed by atoms with Crippen LogP contribution in [0.3, 0.4) is 0 Å². The summed E-state index contributed by atoms with van der Waals surface area (Å²) in [5, 5.41) is 8.45. The van der Waals surface area contributed by atoms with E-state index in [1.54, 1.807) is 47.4 Å². The van der Waals surface area contributed by atoms with Gasteiger partial charge in [-0.25, -0.2) is 17.6 Å². The highest BCUT2D eigenvalue weighted by molar-refractivity contribution is 7.90. The summed E-state index contributed by atoms with van der Waals surface area (Å²) in [4.78, 5) is 39.9. The SMILES string of the molecule is CC(=O)N1CCC(NC(=O)Nc2ccc(Cl)cc2)(C(=O)Nc2ccc(-c3ccccc3S(C)(=O)=O)cc2F)CC1. The van der Waals surface area contributed by atoms with Gasteiger partial charge in [-0.05, 0) is 60.9 Å². The predicted molar refractivity (Wildman–Crippen MR) is 151 cm³/mol. The normalized spacial score (nSPS) is 14.8. The lowest BCUT2D eigenvalue weighted by molar-refractivity contribution is -0.133. The molecular weight excluding hydrogens is 559 g/mol. The minimum atomic E-state index is -3.57. The fourth-order valence-corrected chi connectivity index (χ4v) is 5.62. The molecule has 0 atom stereocenters. The third-order valence-corrected chi connectivity index (χ3v) is 8.17. The number of carbonyl (C=O) groups is 3. The van der Waals surface area contributed by atoms with Gasteiger partial charge in [-0.15, -0.1) is 0 Å². The van der Waals surface area contributed by atoms with Crippen LogP contribution in [0.25, 0.3) is 11.1 Å². The van der Waals surface area contributed by atoms with Gasteiger partial charge in [-0.2, -0.15) is 0 Å². The molecule has 1 fully saturated rings. The summed E-state index contributed by atoms with van der Waals surface area (Å²) in [6.07, 6.45) is 1.28. The first kappa shape index (κ1) is 29.0. The number of urea groups is 1. The van der Waals surface area contributed by atoms with Crippen LogP contribution in [-0.4, -0.2) is 56.0 Å². The maximum atomic E-state index is 15.2. The van der Waals surface area contributed by atoms with E-state index < -0.39 is 33.1 Å². The van der Waals surface area contributed by atoms with Gasteiger partial charge in [-0.3, -0.25) is 9.59 Å². The van der Waals surface area contributed by atoms with Gasteiger partial charge in [0.05, 0.1) is 10.6 Å². The van der Waals surface area contributed by atoms with E-state index in [4.69, 9.17) is 11.6 Å². The Labute approximate surface area is 236 Å². The standard InChI is InChI=1S/C28H28ClFN4O5S/c1-18(35)34-15-13-28(14-16-34,33-27(37)31-21-10-8-20(29)9-11-21)26(36)32-24-12-7-19(17-23(24)30)22-5-3-4-6-25(22)40(2,38)39/h3-12,17H,13-16H2,1-2H3,(H,32,36)(H2,31,33,37). The molecule has 0 aliphatic carbocycles. The molecule has 40 heavy (non-hydrogen) atoms. The maximum Gasteiger partial charge on any atom is 0.320 e. The van der Waals surface area contributed by atoms with Crippen molar-refractivity contribution < 1.29 is 27.2 Å². The highest BCUT2D eigenvalue weighted by atomic mass is 35.5. The number of hydrogen-bond donors (Lipinski definition) is 3. The second-order valence-electron chi connectivity index (χ2n) is 9.59. The number of rotatable bonds is 6. The smallest absolute Gasteiger partial charge is 0.320 e. The van der Waals surface area contributed by atoms with Crippen molar-refractivity contribution in [2.45, 2.75) is 30.2 Å². The molecule has 0 aromatic heterocycles. The van der Waals surface area contributed by atoms with Gasteiger partial charge in [0.25, 0.3) is 0 Å². The molecule has 0 unspecified atom stereocenters. The molecule has 1 heterocycles. The number of piperidine rings is 1. The molecule has 1 aliphatic heterocycles. The summed E-state index contributed by atoms with van der Waals surface area (Å²) in [7, 11) is -3.57. The molecule has 12 heteroatoms. The van der Waals surface area contributed by atoms with E-state index in [0.29, 0.717) is 21.8 Å². The molecule has 9 nitrogen and oxygen atoms in total. The number of anilines is 2. The Bertz CT molecular complexity index is 1560. The van der Waals surface area contributed by atoms with E-state index in [1.165, 1.54) is 25.1 Å². The van der Waals surface area contributed by atoms with Gasteiger partial charge in [0.15, 0.2) is 9.84 Å². The van der Waals surface area contributed by atoms with E-state index in [0.717, 1.165) is 12.3 Å². The lowest BCUT2D eigenvalue weighted by atomic mass is 9.86. The van der Waals surface area contributed by atoms with Crippen molar-refractivity contribution in [1.29, 1.82) is 0 Å². The Morgan fingerprint density at radius 2 is 1.60 bits per heavy atom. The van der Waals surface area contributed by atoms with Crippen molar-refractivity contribution in [2.75, 3.05) is 30.0 Å². The quantitative estimate of drug-likeness (QED) is 0.386. The van der Waals surface area contributed by atoms with Crippen LogP contribution in [0.5, 0.6) is 0 Å². The van der Waals surface area contributed by atoms with E-state index in [9.17, 15) is 22.8 Å². The monoisotopic (exact) mass is 586 g/mol. The fraction of sp³-hybridized carbons (Fsp3) is 0.250. The number of halogens is 2. The molecule has 3 aromatic rings. The molecule has 3 N–H and O–H groups in total. The van der Waals surface area contributed by atoms with Gasteiger partial charge in [0.1, 0.15) is 11.4 Å². The van der Waals surface area contributed by atoms with Gasteiger partial charge in [-0.1, -0.05) is 35.9 Å². The number of benzene rings is 3. The summed E-state index contributed by atoms with van der Waals surface area (Å²) >= 11 is 5.90. The Kier molecular flexibility index (Phi) is 8.45. The molecule has 4 amide bonds. The lowest BCUT2D eigenvalue weighted by Crippen LogP contribution is -2.62. The van der Waals surface area contributed by atoms with Crippen LogP contribution in [-0.2, 0) is 19.4 Å². The minimum Gasteiger partial charge on any atom is -0.343 e. The number of nitrogens with one attached hydrogen (secondary N) is 3. The number of likely N-dealkylation sites (tertiary alicyclic amines) is 1. The topological polar surface area (TPSA) is 125 Å². The summed E-state index contributed by atoms with van der Waals surface area (Å²) in [5.74, 6) is -1.59. The first-order valence-corrected chi connectivity index (χ1v) is 14.7. The second kappa shape index (κ2) is 11.6. The molecular formula is C28H28ClFN4O5S. The Hall–Kier alpha value is -3.96. The Morgan fingerprint density at radius 3 is 2.20 bits per heavy atom. The Balaban J connectivity index is 1.57. The largest absolute Gasteiger partial charge is 0.343 e. The summed E-state index contributed by atoms with van der Waals surface area (Å²) in [5.41, 5.74) is -0.471. The molecule has 0 saturated carbocycles. The van der Waals surface area contributed by atoms with E-state index in [2.05, 4.69) is 16.0 Å². The van der Waals surface area contributed by atoms with Crippen LogP contribution in [0.1, 0.15) is 19.8 Å². The van der Waals surface area contributed by atoms with Gasteiger partial charge < -0.3 is 20.9 Å². The second-order valence-corrected chi connectivity index (χ2v) is 12.0. The minimum absolute atomic E-state index is 0.0540. The van der Waals surface area contributed by atoms with E-state index in [-0.39, 0.29) is 42.4 Å². The van der Waals surface area contributed by atoms with Crippen LogP contribution in [0, 0.1) is 5.82 Å². The number of sulfone groups is 1. The molecule has 0 bridgehead atoms. The van der Waals surface area contributed by atoms with Crippen LogP contribution in [0.2, 0.25) is 5.02 Å². The third-order valence-electron chi connectivity index (χ3n) is 6.77. The summed E-state index contributed by atoms with van der Waals surface area (Å²) < 4.78 is 39.6. The van der Waals surface area contributed by atoms with Crippen molar-refractivity contribution in [1.82, 2.24) is 10.2 Å². The molecule has 210 valence electrons. The summed E-state index contributed by atoms with van der Waals surface area (Å²) in [6, 6.07) is 16.0. The third kappa shape index (κ3) is 6.60. The first-order chi connectivity index (χ1) is 18.9. The summed E-state index contributed by atoms with van der Waals surface area (Å²) in [6.45, 7) is 1.86. The van der Waals surface area contributed by atoms with Crippen molar-refractivity contribution in [2.24, 2.45) is 0 Å². The van der Waals surface area contributed by atoms with Crippen molar-refractivity contribution in [3.05, 3.63) is 77.6 Å². The number of nitrogens with zero attached hydrogens (tertiary/aromatic N) is 1. The zero-order valence-corrected chi connectivity index (χ0v) is 23.4. The average molecular weight is 587 g/mol. The van der Waals surface area contributed by atoms with Gasteiger partial charge in [0.2, 0.25) is 11.8 Å². The number of hydrogen-bond acceptors (Lipinski definition) is 5. The molecule has 4 rings (SSSR count). The fourth-order valence-electron chi connectivity index (χ4n) is 4.58. The molecule has 0 spiro atoms. The van der Waals surface area contributed by atoms with Crippen molar-refractivity contribution in [3.63, 3.8) is 0 Å². The zero-order chi connectivity index (χ0) is 29.1. The Morgan fingerprint density at radius 1 is 0.950 bits per heavy atom. The number of amides is 4. The van der Waals surface area contributed by atoms with Crippen molar-refractivity contribution in [3.8, 4) is 11.1 Å². The predicted octanol–water partition coefficient (Wildman–Crippen LogP) is 4.69. The molecule has 1 aliphatic rings. The number of carbonyl (C=O) groups excluding carboxylic acids is 3. The molecule has 1 saturated heterocycles. The maximum absolute atomic E-state index is 15.2. The van der Waals surface area contributed by atoms with Gasteiger partial charge in [0, 0.05) is 42.5 Å². The van der Waals surface area contributed by atoms with E-state index >= 15 is 4.39 Å². The van der Waals surface area contributed by atoms with Crippen LogP contribution in [0.4, 0.5) is 20.6 Å². The molecule has 3 aromatic carbocycles. The van der Waals surface area contributed by atoms with Crippen LogP contribution in [0.15, 0.2) is 71.6 Å². The van der Waals surface area contributed by atoms with Crippen LogP contribution < -0.4 is 16.0 Å². The highest BCUT2D eigenvalue weighted by Crippen LogP contribution is 2.31. The molecule has 0 radical (unpaired) electrons. The zero-order valence-electron chi connectivity index (χ0n) is 21.8. The highest BCUT2D eigenvalue weighted by Gasteiger charge is 2.43. The first-order valence-electron chi connectivity index (χ1n) is 12.4. The van der Waals surface area contributed by atoms with E-state index in [1.807, 2.05) is 0 Å². The van der Waals surface area contributed by atoms with Gasteiger partial charge >= 0.3 is 6.03 Å². The average Bonchev–Trinajstić information content (AvgIpc) is 2.91. The lowest BCUT2D eigenvalue weighted by Gasteiger charge is -2.40.